The first-order valence-electron chi connectivity index (χ1n) is 5.22. The Hall–Kier alpha value is -1.52. The highest BCUT2D eigenvalue weighted by molar-refractivity contribution is 5.84. The predicted octanol–water partition coefficient (Wildman–Crippen LogP) is 3.28. The van der Waals surface area contributed by atoms with Crippen LogP contribution < -0.4 is 4.90 Å². The Morgan fingerprint density at radius 3 is 2.35 bits per heavy atom. The van der Waals surface area contributed by atoms with Crippen LogP contribution in [0.3, 0.4) is 0 Å². The summed E-state index contributed by atoms with van der Waals surface area (Å²) in [7, 11) is 0. The molecule has 0 radical (unpaired) electrons. The summed E-state index contributed by atoms with van der Waals surface area (Å²) in [4.78, 5) is 12.0. The summed E-state index contributed by atoms with van der Waals surface area (Å²) in [6.45, 7) is 2.26. The molecule has 0 atom stereocenters. The van der Waals surface area contributed by atoms with E-state index in [0.717, 1.165) is 0 Å². The Labute approximate surface area is 98.0 Å². The number of benzene rings is 1. The summed E-state index contributed by atoms with van der Waals surface area (Å²) in [5.41, 5.74) is 0.584. The molecule has 17 heavy (non-hydrogen) atoms. The van der Waals surface area contributed by atoms with Gasteiger partial charge in [0.15, 0.2) is 6.29 Å². The zero-order valence-electron chi connectivity index (χ0n) is 9.66. The van der Waals surface area contributed by atoms with Crippen LogP contribution in [-0.2, 0) is 0 Å². The number of carbonyl (C=O) groups is 1. The molecule has 0 amide bonds. The molecule has 5 heteroatoms. The van der Waals surface area contributed by atoms with Crippen molar-refractivity contribution in [3.8, 4) is 0 Å². The van der Waals surface area contributed by atoms with Gasteiger partial charge in [-0.3, -0.25) is 4.79 Å². The maximum absolute atomic E-state index is 12.5. The number of nitrogens with zero attached hydrogens (tertiary/aromatic N) is 1. The summed E-state index contributed by atoms with van der Waals surface area (Å²) >= 11 is 0. The summed E-state index contributed by atoms with van der Waals surface area (Å²) in [5.74, 6) is 0. The van der Waals surface area contributed by atoms with E-state index in [1.165, 1.54) is 17.0 Å². The Kier molecular flexibility index (Phi) is 4.15. The van der Waals surface area contributed by atoms with Gasteiger partial charge in [0.25, 0.3) is 0 Å². The topological polar surface area (TPSA) is 20.3 Å². The number of halogens is 3. The number of hydrogen-bond acceptors (Lipinski definition) is 2. The van der Waals surface area contributed by atoms with Gasteiger partial charge < -0.3 is 4.90 Å². The molecule has 94 valence electrons. The third-order valence-electron chi connectivity index (χ3n) is 2.35. The molecular weight excluding hydrogens is 231 g/mol. The summed E-state index contributed by atoms with van der Waals surface area (Å²) < 4.78 is 37.4. The third kappa shape index (κ3) is 3.76. The molecule has 0 fully saturated rings. The standard InChI is InChI=1S/C12H14F3NO/c1-9(2)16(8-12(13,14)15)11-6-4-3-5-10(11)7-17/h3-7,9H,8H2,1-2H3. The van der Waals surface area contributed by atoms with Crippen molar-refractivity contribution in [2.45, 2.75) is 26.1 Å². The molecule has 0 aliphatic carbocycles. The Morgan fingerprint density at radius 2 is 1.88 bits per heavy atom. The van der Waals surface area contributed by atoms with Crippen LogP contribution in [0.4, 0.5) is 18.9 Å². The van der Waals surface area contributed by atoms with Gasteiger partial charge in [0.05, 0.1) is 0 Å². The first kappa shape index (κ1) is 13.5. The van der Waals surface area contributed by atoms with Gasteiger partial charge in [0.1, 0.15) is 6.54 Å². The lowest BCUT2D eigenvalue weighted by atomic mass is 10.1. The van der Waals surface area contributed by atoms with Crippen molar-refractivity contribution in [3.05, 3.63) is 29.8 Å². The SMILES string of the molecule is CC(C)N(CC(F)(F)F)c1ccccc1C=O. The molecule has 0 aliphatic rings. The van der Waals surface area contributed by atoms with Gasteiger partial charge in [-0.25, -0.2) is 0 Å². The van der Waals surface area contributed by atoms with Crippen LogP contribution in [0.1, 0.15) is 24.2 Å². The lowest BCUT2D eigenvalue weighted by Gasteiger charge is -2.30. The van der Waals surface area contributed by atoms with Crippen molar-refractivity contribution in [1.29, 1.82) is 0 Å². The zero-order valence-corrected chi connectivity index (χ0v) is 9.66. The molecule has 1 aromatic carbocycles. The van der Waals surface area contributed by atoms with E-state index in [-0.39, 0.29) is 11.6 Å². The number of alkyl halides is 3. The molecule has 1 aromatic rings. The van der Waals surface area contributed by atoms with Gasteiger partial charge in [0, 0.05) is 17.3 Å². The van der Waals surface area contributed by atoms with Crippen LogP contribution in [-0.4, -0.2) is 25.0 Å². The zero-order chi connectivity index (χ0) is 13.1. The van der Waals surface area contributed by atoms with Crippen LogP contribution in [0.5, 0.6) is 0 Å². The minimum absolute atomic E-state index is 0.269. The maximum Gasteiger partial charge on any atom is 0.405 e. The van der Waals surface area contributed by atoms with Crippen molar-refractivity contribution in [2.24, 2.45) is 0 Å². The molecule has 2 nitrogen and oxygen atoms in total. The molecular formula is C12H14F3NO. The lowest BCUT2D eigenvalue weighted by molar-refractivity contribution is -0.120. The normalized spacial score (nSPS) is 11.6. The minimum Gasteiger partial charge on any atom is -0.360 e. The van der Waals surface area contributed by atoms with Gasteiger partial charge in [-0.1, -0.05) is 12.1 Å². The molecule has 0 spiro atoms. The molecule has 0 aliphatic heterocycles. The van der Waals surface area contributed by atoms with Crippen LogP contribution in [0.15, 0.2) is 24.3 Å². The first-order chi connectivity index (χ1) is 7.85. The highest BCUT2D eigenvalue weighted by Gasteiger charge is 2.32. The van der Waals surface area contributed by atoms with Gasteiger partial charge in [-0.2, -0.15) is 13.2 Å². The van der Waals surface area contributed by atoms with E-state index in [2.05, 4.69) is 0 Å². The van der Waals surface area contributed by atoms with Gasteiger partial charge >= 0.3 is 6.18 Å². The van der Waals surface area contributed by atoms with Gasteiger partial charge in [-0.15, -0.1) is 0 Å². The van der Waals surface area contributed by atoms with E-state index in [9.17, 15) is 18.0 Å². The number of rotatable bonds is 4. The molecule has 0 heterocycles. The van der Waals surface area contributed by atoms with E-state index < -0.39 is 12.7 Å². The highest BCUT2D eigenvalue weighted by Crippen LogP contribution is 2.26. The average Bonchev–Trinajstić information content (AvgIpc) is 2.24. The fourth-order valence-corrected chi connectivity index (χ4v) is 1.59. The fourth-order valence-electron chi connectivity index (χ4n) is 1.59. The van der Waals surface area contributed by atoms with E-state index in [1.807, 2.05) is 0 Å². The fraction of sp³-hybridized carbons (Fsp3) is 0.417. The molecule has 0 saturated heterocycles. The van der Waals surface area contributed by atoms with Crippen molar-refractivity contribution in [2.75, 3.05) is 11.4 Å². The van der Waals surface area contributed by atoms with E-state index >= 15 is 0 Å². The minimum atomic E-state index is -4.29. The summed E-state index contributed by atoms with van der Waals surface area (Å²) in [6, 6.07) is 5.94. The number of carbonyl (C=O) groups excluding carboxylic acids is 1. The van der Waals surface area contributed by atoms with Gasteiger partial charge in [-0.05, 0) is 26.0 Å². The monoisotopic (exact) mass is 245 g/mol. The second kappa shape index (κ2) is 5.21. The molecule has 1 rings (SSSR count). The van der Waals surface area contributed by atoms with Crippen molar-refractivity contribution in [1.82, 2.24) is 0 Å². The molecule has 0 unspecified atom stereocenters. The number of hydrogen-bond donors (Lipinski definition) is 0. The van der Waals surface area contributed by atoms with Crippen LogP contribution >= 0.6 is 0 Å². The second-order valence-corrected chi connectivity index (χ2v) is 4.01. The summed E-state index contributed by atoms with van der Waals surface area (Å²) in [6.07, 6.45) is -3.72. The molecule has 0 saturated carbocycles. The molecule has 0 bridgehead atoms. The molecule has 0 N–H and O–H groups in total. The number of aldehydes is 1. The average molecular weight is 245 g/mol. The van der Waals surface area contributed by atoms with Crippen molar-refractivity contribution >= 4 is 12.0 Å². The number of para-hydroxylation sites is 1. The van der Waals surface area contributed by atoms with Crippen LogP contribution in [0, 0.1) is 0 Å². The Balaban J connectivity index is 3.10. The highest BCUT2D eigenvalue weighted by atomic mass is 19.4. The van der Waals surface area contributed by atoms with Crippen LogP contribution in [0.2, 0.25) is 0 Å². The Morgan fingerprint density at radius 1 is 1.29 bits per heavy atom. The lowest BCUT2D eigenvalue weighted by Crippen LogP contribution is -2.39. The Bertz CT molecular complexity index is 388. The maximum atomic E-state index is 12.5. The predicted molar refractivity (Wildman–Crippen MR) is 60.4 cm³/mol. The van der Waals surface area contributed by atoms with E-state index in [1.54, 1.807) is 26.0 Å². The quantitative estimate of drug-likeness (QED) is 0.759. The van der Waals surface area contributed by atoms with Crippen molar-refractivity contribution in [3.63, 3.8) is 0 Å². The second-order valence-electron chi connectivity index (χ2n) is 4.01. The van der Waals surface area contributed by atoms with E-state index in [0.29, 0.717) is 12.0 Å². The largest absolute Gasteiger partial charge is 0.405 e. The van der Waals surface area contributed by atoms with Gasteiger partial charge in [0.2, 0.25) is 0 Å². The smallest absolute Gasteiger partial charge is 0.360 e. The van der Waals surface area contributed by atoms with Crippen LogP contribution in [0.25, 0.3) is 0 Å². The third-order valence-corrected chi connectivity index (χ3v) is 2.35. The molecule has 0 aromatic heterocycles. The first-order valence-corrected chi connectivity index (χ1v) is 5.22. The van der Waals surface area contributed by atoms with Crippen molar-refractivity contribution < 1.29 is 18.0 Å². The number of anilines is 1. The van der Waals surface area contributed by atoms with E-state index in [4.69, 9.17) is 0 Å². The summed E-state index contributed by atoms with van der Waals surface area (Å²) in [5, 5.41) is 0.